The smallest absolute Gasteiger partial charge is 0.126 e. The Kier molecular flexibility index (Phi) is 4.65. The first-order valence-corrected chi connectivity index (χ1v) is 6.21. The first-order valence-electron chi connectivity index (χ1n) is 6.21. The van der Waals surface area contributed by atoms with Crippen LogP contribution in [-0.2, 0) is 11.3 Å². The van der Waals surface area contributed by atoms with Crippen LogP contribution >= 0.6 is 0 Å². The minimum Gasteiger partial charge on any atom is -0.383 e. The minimum atomic E-state index is -0.192. The van der Waals surface area contributed by atoms with Gasteiger partial charge in [0.15, 0.2) is 0 Å². The summed E-state index contributed by atoms with van der Waals surface area (Å²) in [5.41, 5.74) is 3.56. The van der Waals surface area contributed by atoms with E-state index < -0.39 is 0 Å². The van der Waals surface area contributed by atoms with E-state index in [1.165, 1.54) is 6.07 Å². The Morgan fingerprint density at radius 2 is 2.26 bits per heavy atom. The van der Waals surface area contributed by atoms with Gasteiger partial charge in [-0.1, -0.05) is 0 Å². The molecule has 0 fully saturated rings. The Labute approximate surface area is 112 Å². The molecule has 0 aliphatic heterocycles. The second-order valence-corrected chi connectivity index (χ2v) is 4.40. The Hall–Kier alpha value is -1.72. The molecule has 0 radical (unpaired) electrons. The second-order valence-electron chi connectivity index (χ2n) is 4.40. The fourth-order valence-electron chi connectivity index (χ4n) is 1.89. The lowest BCUT2D eigenvalue weighted by molar-refractivity contribution is 0.199. The molecular formula is C14H18FN3O. The summed E-state index contributed by atoms with van der Waals surface area (Å²) in [7, 11) is 1.67. The van der Waals surface area contributed by atoms with Gasteiger partial charge in [0.2, 0.25) is 0 Å². The van der Waals surface area contributed by atoms with E-state index in [1.807, 2.05) is 6.07 Å². The first kappa shape index (κ1) is 13.7. The number of methoxy groups -OCH3 is 1. The third kappa shape index (κ3) is 3.39. The van der Waals surface area contributed by atoms with Gasteiger partial charge in [-0.25, -0.2) is 4.39 Å². The molecule has 0 amide bonds. The molecule has 5 heteroatoms. The Morgan fingerprint density at radius 3 is 3.00 bits per heavy atom. The van der Waals surface area contributed by atoms with E-state index in [0.717, 1.165) is 23.4 Å². The lowest BCUT2D eigenvalue weighted by Gasteiger charge is -2.06. The van der Waals surface area contributed by atoms with E-state index in [0.29, 0.717) is 18.7 Å². The van der Waals surface area contributed by atoms with Crippen molar-refractivity contribution < 1.29 is 9.13 Å². The van der Waals surface area contributed by atoms with Crippen molar-refractivity contribution >= 4 is 0 Å². The molecule has 0 aliphatic carbocycles. The van der Waals surface area contributed by atoms with E-state index in [9.17, 15) is 4.39 Å². The molecule has 0 bridgehead atoms. The molecule has 2 N–H and O–H groups in total. The number of nitrogens with zero attached hydrogens (tertiary/aromatic N) is 1. The number of hydrogen-bond donors (Lipinski definition) is 2. The molecular weight excluding hydrogens is 245 g/mol. The number of H-pyrrole nitrogens is 1. The molecule has 1 aromatic heterocycles. The van der Waals surface area contributed by atoms with Crippen LogP contribution < -0.4 is 5.32 Å². The predicted octanol–water partition coefficient (Wildman–Crippen LogP) is 2.26. The highest BCUT2D eigenvalue weighted by atomic mass is 19.1. The zero-order valence-corrected chi connectivity index (χ0v) is 11.2. The zero-order chi connectivity index (χ0) is 13.7. The molecule has 0 spiro atoms. The highest BCUT2D eigenvalue weighted by Crippen LogP contribution is 2.23. The SMILES string of the molecule is COCCNCc1cn[nH]c1-c1ccc(F)c(C)c1. The molecule has 1 heterocycles. The molecule has 0 aliphatic rings. The van der Waals surface area contributed by atoms with Gasteiger partial charge in [0, 0.05) is 31.3 Å². The molecule has 4 nitrogen and oxygen atoms in total. The Bertz CT molecular complexity index is 539. The van der Waals surface area contributed by atoms with E-state index in [1.54, 1.807) is 26.3 Å². The summed E-state index contributed by atoms with van der Waals surface area (Å²) in [4.78, 5) is 0. The number of halogens is 1. The summed E-state index contributed by atoms with van der Waals surface area (Å²) in [6, 6.07) is 5.06. The molecule has 2 aromatic rings. The lowest BCUT2D eigenvalue weighted by Crippen LogP contribution is -2.18. The van der Waals surface area contributed by atoms with Crippen LogP contribution in [0, 0.1) is 12.7 Å². The summed E-state index contributed by atoms with van der Waals surface area (Å²) >= 11 is 0. The van der Waals surface area contributed by atoms with E-state index in [-0.39, 0.29) is 5.82 Å². The van der Waals surface area contributed by atoms with Crippen molar-refractivity contribution in [3.8, 4) is 11.3 Å². The number of aromatic nitrogens is 2. The third-order valence-electron chi connectivity index (χ3n) is 2.96. The molecule has 19 heavy (non-hydrogen) atoms. The summed E-state index contributed by atoms with van der Waals surface area (Å²) in [6.45, 7) is 3.91. The maximum absolute atomic E-state index is 13.3. The molecule has 0 saturated carbocycles. The Balaban J connectivity index is 2.12. The predicted molar refractivity (Wildman–Crippen MR) is 72.3 cm³/mol. The van der Waals surface area contributed by atoms with Gasteiger partial charge in [-0.15, -0.1) is 0 Å². The van der Waals surface area contributed by atoms with Crippen molar-refractivity contribution in [3.05, 3.63) is 41.3 Å². The fraction of sp³-hybridized carbons (Fsp3) is 0.357. The minimum absolute atomic E-state index is 0.192. The Morgan fingerprint density at radius 1 is 1.42 bits per heavy atom. The van der Waals surface area contributed by atoms with Gasteiger partial charge in [0.25, 0.3) is 0 Å². The van der Waals surface area contributed by atoms with E-state index >= 15 is 0 Å². The second kappa shape index (κ2) is 6.45. The first-order chi connectivity index (χ1) is 9.22. The number of ether oxygens (including phenoxy) is 1. The highest BCUT2D eigenvalue weighted by molar-refractivity contribution is 5.63. The van der Waals surface area contributed by atoms with Crippen molar-refractivity contribution in [1.29, 1.82) is 0 Å². The van der Waals surface area contributed by atoms with E-state index in [2.05, 4.69) is 15.5 Å². The summed E-state index contributed by atoms with van der Waals surface area (Å²) < 4.78 is 18.3. The van der Waals surface area contributed by atoms with Crippen LogP contribution in [0.4, 0.5) is 4.39 Å². The van der Waals surface area contributed by atoms with Gasteiger partial charge in [0.05, 0.1) is 18.5 Å². The van der Waals surface area contributed by atoms with Crippen LogP contribution in [0.15, 0.2) is 24.4 Å². The largest absolute Gasteiger partial charge is 0.383 e. The number of hydrogen-bond acceptors (Lipinski definition) is 3. The van der Waals surface area contributed by atoms with Crippen molar-refractivity contribution in [3.63, 3.8) is 0 Å². The number of nitrogens with one attached hydrogen (secondary N) is 2. The quantitative estimate of drug-likeness (QED) is 0.786. The van der Waals surface area contributed by atoms with Crippen molar-refractivity contribution in [1.82, 2.24) is 15.5 Å². The van der Waals surface area contributed by atoms with Gasteiger partial charge >= 0.3 is 0 Å². The van der Waals surface area contributed by atoms with Crippen LogP contribution in [0.2, 0.25) is 0 Å². The van der Waals surface area contributed by atoms with Gasteiger partial charge in [-0.05, 0) is 30.7 Å². The fourth-order valence-corrected chi connectivity index (χ4v) is 1.89. The highest BCUT2D eigenvalue weighted by Gasteiger charge is 2.08. The number of rotatable bonds is 6. The summed E-state index contributed by atoms with van der Waals surface area (Å²) in [5, 5.41) is 10.3. The van der Waals surface area contributed by atoms with Gasteiger partial charge in [-0.2, -0.15) is 5.10 Å². The van der Waals surface area contributed by atoms with Crippen molar-refractivity contribution in [2.24, 2.45) is 0 Å². The lowest BCUT2D eigenvalue weighted by atomic mass is 10.1. The molecule has 2 rings (SSSR count). The zero-order valence-electron chi connectivity index (χ0n) is 11.2. The molecule has 0 saturated heterocycles. The monoisotopic (exact) mass is 263 g/mol. The standard InChI is InChI=1S/C14H18FN3O/c1-10-7-11(3-4-13(10)15)14-12(9-17-18-14)8-16-5-6-19-2/h3-4,7,9,16H,5-6,8H2,1-2H3,(H,17,18). The van der Waals surface area contributed by atoms with Gasteiger partial charge < -0.3 is 10.1 Å². The number of benzene rings is 1. The van der Waals surface area contributed by atoms with Crippen LogP contribution in [-0.4, -0.2) is 30.5 Å². The molecule has 1 aromatic carbocycles. The average molecular weight is 263 g/mol. The third-order valence-corrected chi connectivity index (χ3v) is 2.96. The van der Waals surface area contributed by atoms with Gasteiger partial charge in [0.1, 0.15) is 5.82 Å². The topological polar surface area (TPSA) is 49.9 Å². The maximum Gasteiger partial charge on any atom is 0.126 e. The summed E-state index contributed by atoms with van der Waals surface area (Å²) in [6.07, 6.45) is 1.79. The maximum atomic E-state index is 13.3. The molecule has 0 unspecified atom stereocenters. The van der Waals surface area contributed by atoms with Crippen molar-refractivity contribution in [2.75, 3.05) is 20.3 Å². The van der Waals surface area contributed by atoms with Crippen molar-refractivity contribution in [2.45, 2.75) is 13.5 Å². The van der Waals surface area contributed by atoms with Crippen LogP contribution in [0.25, 0.3) is 11.3 Å². The average Bonchev–Trinajstić information content (AvgIpc) is 2.86. The number of aromatic amines is 1. The molecule has 0 atom stereocenters. The van der Waals surface area contributed by atoms with Crippen LogP contribution in [0.3, 0.4) is 0 Å². The van der Waals surface area contributed by atoms with E-state index in [4.69, 9.17) is 4.74 Å². The normalized spacial score (nSPS) is 10.9. The summed E-state index contributed by atoms with van der Waals surface area (Å²) in [5.74, 6) is -0.192. The number of aryl methyl sites for hydroxylation is 1. The van der Waals surface area contributed by atoms with Crippen LogP contribution in [0.5, 0.6) is 0 Å². The van der Waals surface area contributed by atoms with Gasteiger partial charge in [-0.3, -0.25) is 5.10 Å². The van der Waals surface area contributed by atoms with Crippen LogP contribution in [0.1, 0.15) is 11.1 Å². The molecule has 102 valence electrons.